The highest BCUT2D eigenvalue weighted by Gasteiger charge is 2.18. The van der Waals surface area contributed by atoms with Gasteiger partial charge in [0.05, 0.1) is 12.2 Å². The zero-order chi connectivity index (χ0) is 9.14. The van der Waals surface area contributed by atoms with E-state index >= 15 is 0 Å². The summed E-state index contributed by atoms with van der Waals surface area (Å²) in [6.07, 6.45) is 0. The summed E-state index contributed by atoms with van der Waals surface area (Å²) >= 11 is 0. The monoisotopic (exact) mass is 171 g/mol. The minimum absolute atomic E-state index is 0.0225. The predicted octanol–water partition coefficient (Wildman–Crippen LogP) is 0.865. The molecule has 0 atom stereocenters. The van der Waals surface area contributed by atoms with Crippen molar-refractivity contribution in [1.29, 1.82) is 0 Å². The average Bonchev–Trinajstić information content (AvgIpc) is 2.34. The molecule has 0 fully saturated rings. The van der Waals surface area contributed by atoms with Crippen molar-refractivity contribution in [2.24, 2.45) is 0 Å². The molecule has 0 radical (unpaired) electrons. The first-order valence-corrected chi connectivity index (χ1v) is 3.49. The van der Waals surface area contributed by atoms with Crippen LogP contribution in [0.4, 0.5) is 0 Å². The Hall–Kier alpha value is -1.52. The molecule has 1 heterocycles. The Kier molecular flexibility index (Phi) is 2.32. The quantitative estimate of drug-likeness (QED) is 0.668. The van der Waals surface area contributed by atoms with Crippen LogP contribution in [0.3, 0.4) is 0 Å². The molecule has 12 heavy (non-hydrogen) atoms. The fourth-order valence-corrected chi connectivity index (χ4v) is 0.717. The van der Waals surface area contributed by atoms with Crippen molar-refractivity contribution in [3.05, 3.63) is 11.3 Å². The standard InChI is InChI=1S/C7H9NO4/c1-3-11-7(10)5-4(2)6(9)12-8-5/h9H,3H2,1-2H3. The van der Waals surface area contributed by atoms with Gasteiger partial charge in [-0.15, -0.1) is 0 Å². The van der Waals surface area contributed by atoms with Gasteiger partial charge in [-0.2, -0.15) is 0 Å². The number of rotatable bonds is 2. The van der Waals surface area contributed by atoms with E-state index in [4.69, 9.17) is 5.11 Å². The van der Waals surface area contributed by atoms with Gasteiger partial charge >= 0.3 is 11.9 Å². The van der Waals surface area contributed by atoms with E-state index in [1.807, 2.05) is 0 Å². The summed E-state index contributed by atoms with van der Waals surface area (Å²) in [5.74, 6) is -0.933. The topological polar surface area (TPSA) is 72.6 Å². The third kappa shape index (κ3) is 1.39. The maximum absolute atomic E-state index is 11.0. The van der Waals surface area contributed by atoms with Gasteiger partial charge in [0.2, 0.25) is 0 Å². The molecule has 0 aliphatic heterocycles. The molecule has 66 valence electrons. The lowest BCUT2D eigenvalue weighted by Crippen LogP contribution is -2.06. The van der Waals surface area contributed by atoms with Crippen LogP contribution in [0.25, 0.3) is 0 Å². The molecule has 0 saturated heterocycles. The maximum atomic E-state index is 11.0. The van der Waals surface area contributed by atoms with E-state index in [0.717, 1.165) is 0 Å². The van der Waals surface area contributed by atoms with Gasteiger partial charge in [0, 0.05) is 0 Å². The fraction of sp³-hybridized carbons (Fsp3) is 0.429. The van der Waals surface area contributed by atoms with Gasteiger partial charge < -0.3 is 14.4 Å². The first-order chi connectivity index (χ1) is 5.66. The number of carbonyl (C=O) groups excluding carboxylic acids is 1. The van der Waals surface area contributed by atoms with Crippen molar-refractivity contribution >= 4 is 5.97 Å². The van der Waals surface area contributed by atoms with Crippen molar-refractivity contribution < 1.29 is 19.2 Å². The molecule has 0 aliphatic rings. The molecule has 0 aliphatic carbocycles. The normalized spacial score (nSPS) is 9.83. The summed E-state index contributed by atoms with van der Waals surface area (Å²) in [5.41, 5.74) is 0.322. The second-order valence-corrected chi connectivity index (χ2v) is 2.18. The number of hydrogen-bond donors (Lipinski definition) is 1. The number of ether oxygens (including phenoxy) is 1. The second kappa shape index (κ2) is 3.25. The lowest BCUT2D eigenvalue weighted by molar-refractivity contribution is 0.0514. The van der Waals surface area contributed by atoms with Crippen molar-refractivity contribution in [1.82, 2.24) is 5.16 Å². The van der Waals surface area contributed by atoms with Crippen LogP contribution in [0.5, 0.6) is 5.95 Å². The number of carbonyl (C=O) groups is 1. The van der Waals surface area contributed by atoms with Gasteiger partial charge in [-0.1, -0.05) is 5.16 Å². The smallest absolute Gasteiger partial charge is 0.360 e. The number of nitrogens with zero attached hydrogens (tertiary/aromatic N) is 1. The van der Waals surface area contributed by atoms with Crippen LogP contribution >= 0.6 is 0 Å². The van der Waals surface area contributed by atoms with Crippen LogP contribution in [0.1, 0.15) is 23.0 Å². The SMILES string of the molecule is CCOC(=O)c1noc(O)c1C. The molecule has 0 amide bonds. The Morgan fingerprint density at radius 3 is 2.83 bits per heavy atom. The number of esters is 1. The molecule has 1 aromatic rings. The first kappa shape index (κ1) is 8.58. The molecule has 0 spiro atoms. The van der Waals surface area contributed by atoms with Crippen molar-refractivity contribution in [2.75, 3.05) is 6.61 Å². The van der Waals surface area contributed by atoms with E-state index < -0.39 is 5.97 Å². The Balaban J connectivity index is 2.88. The molecule has 0 bridgehead atoms. The highest BCUT2D eigenvalue weighted by molar-refractivity contribution is 5.89. The third-order valence-corrected chi connectivity index (χ3v) is 1.37. The van der Waals surface area contributed by atoms with Crippen LogP contribution in [0.15, 0.2) is 4.52 Å². The minimum atomic E-state index is -0.584. The lowest BCUT2D eigenvalue weighted by Gasteiger charge is -1.96. The zero-order valence-electron chi connectivity index (χ0n) is 6.83. The van der Waals surface area contributed by atoms with Crippen molar-refractivity contribution in [3.8, 4) is 5.95 Å². The first-order valence-electron chi connectivity index (χ1n) is 3.49. The van der Waals surface area contributed by atoms with Gasteiger partial charge in [-0.25, -0.2) is 4.79 Å². The summed E-state index contributed by atoms with van der Waals surface area (Å²) in [4.78, 5) is 11.0. The molecular formula is C7H9NO4. The lowest BCUT2D eigenvalue weighted by atomic mass is 10.3. The average molecular weight is 171 g/mol. The number of aromatic nitrogens is 1. The van der Waals surface area contributed by atoms with Crippen LogP contribution in [-0.2, 0) is 4.74 Å². The van der Waals surface area contributed by atoms with Gasteiger partial charge in [-0.05, 0) is 13.8 Å². The Labute approximate surface area is 68.9 Å². The van der Waals surface area contributed by atoms with Crippen LogP contribution in [-0.4, -0.2) is 22.8 Å². The Morgan fingerprint density at radius 1 is 1.75 bits per heavy atom. The second-order valence-electron chi connectivity index (χ2n) is 2.18. The van der Waals surface area contributed by atoms with Gasteiger partial charge in [-0.3, -0.25) is 0 Å². The molecule has 5 nitrogen and oxygen atoms in total. The summed E-state index contributed by atoms with van der Waals surface area (Å²) < 4.78 is 9.02. The number of hydrogen-bond acceptors (Lipinski definition) is 5. The summed E-state index contributed by atoms with van der Waals surface area (Å²) in [7, 11) is 0. The van der Waals surface area contributed by atoms with Gasteiger partial charge in [0.1, 0.15) is 0 Å². The van der Waals surface area contributed by atoms with E-state index in [1.54, 1.807) is 6.92 Å². The van der Waals surface area contributed by atoms with E-state index in [9.17, 15) is 4.79 Å². The summed E-state index contributed by atoms with van der Waals surface area (Å²) in [6, 6.07) is 0. The van der Waals surface area contributed by atoms with Crippen LogP contribution in [0.2, 0.25) is 0 Å². The Morgan fingerprint density at radius 2 is 2.42 bits per heavy atom. The highest BCUT2D eigenvalue weighted by Crippen LogP contribution is 2.19. The molecule has 0 unspecified atom stereocenters. The van der Waals surface area contributed by atoms with Crippen molar-refractivity contribution in [3.63, 3.8) is 0 Å². The largest absolute Gasteiger partial charge is 0.479 e. The van der Waals surface area contributed by atoms with Crippen molar-refractivity contribution in [2.45, 2.75) is 13.8 Å². The van der Waals surface area contributed by atoms with Gasteiger partial charge in [0.15, 0.2) is 5.69 Å². The molecule has 5 heteroatoms. The molecular weight excluding hydrogens is 162 g/mol. The summed E-state index contributed by atoms with van der Waals surface area (Å²) in [6.45, 7) is 3.48. The maximum Gasteiger partial charge on any atom is 0.360 e. The zero-order valence-corrected chi connectivity index (χ0v) is 6.83. The molecule has 0 saturated carbocycles. The van der Waals surface area contributed by atoms with E-state index in [-0.39, 0.29) is 18.2 Å². The fourth-order valence-electron chi connectivity index (χ4n) is 0.717. The van der Waals surface area contributed by atoms with E-state index in [1.165, 1.54) is 6.92 Å². The van der Waals surface area contributed by atoms with E-state index in [2.05, 4.69) is 14.4 Å². The molecule has 1 aromatic heterocycles. The Bertz CT molecular complexity index is 292. The van der Waals surface area contributed by atoms with Crippen LogP contribution in [0, 0.1) is 6.92 Å². The predicted molar refractivity (Wildman–Crippen MR) is 38.9 cm³/mol. The summed E-state index contributed by atoms with van der Waals surface area (Å²) in [5, 5.41) is 12.3. The highest BCUT2D eigenvalue weighted by atomic mass is 16.6. The number of aromatic hydroxyl groups is 1. The molecule has 0 aromatic carbocycles. The molecule has 1 N–H and O–H groups in total. The van der Waals surface area contributed by atoms with Gasteiger partial charge in [0.25, 0.3) is 0 Å². The van der Waals surface area contributed by atoms with E-state index in [0.29, 0.717) is 5.56 Å². The third-order valence-electron chi connectivity index (χ3n) is 1.37. The minimum Gasteiger partial charge on any atom is -0.479 e. The molecule has 1 rings (SSSR count). The van der Waals surface area contributed by atoms with Crippen LogP contribution < -0.4 is 0 Å².